The molecule has 16 heavy (non-hydrogen) atoms. The summed E-state index contributed by atoms with van der Waals surface area (Å²) in [4.78, 5) is 0. The standard InChI is InChI=1S/C10H12F3NO.ClH/c1-6-3-2-4-7(5-6)8(14)9(15)10(11,12)13;/h2-5,8-9,15H,14H2,1H3;1H/t8-,9-;/m0./s1. The Hall–Kier alpha value is -0.780. The minimum absolute atomic E-state index is 0. The molecule has 0 aliphatic heterocycles. The SMILES string of the molecule is Cc1cccc([C@H](N)[C@H](O)C(F)(F)F)c1.Cl. The Kier molecular flexibility index (Phi) is 5.25. The van der Waals surface area contributed by atoms with Crippen molar-refractivity contribution >= 4 is 12.4 Å². The molecule has 1 aromatic carbocycles. The van der Waals surface area contributed by atoms with E-state index in [2.05, 4.69) is 0 Å². The van der Waals surface area contributed by atoms with Crippen molar-refractivity contribution < 1.29 is 18.3 Å². The van der Waals surface area contributed by atoms with Gasteiger partial charge in [-0.15, -0.1) is 12.4 Å². The molecule has 0 aliphatic rings. The van der Waals surface area contributed by atoms with Crippen molar-refractivity contribution in [3.8, 4) is 0 Å². The van der Waals surface area contributed by atoms with Gasteiger partial charge < -0.3 is 10.8 Å². The number of aliphatic hydroxyl groups excluding tert-OH is 1. The maximum Gasteiger partial charge on any atom is 0.416 e. The third kappa shape index (κ3) is 3.66. The van der Waals surface area contributed by atoms with Gasteiger partial charge in [-0.05, 0) is 12.5 Å². The summed E-state index contributed by atoms with van der Waals surface area (Å²) in [7, 11) is 0. The van der Waals surface area contributed by atoms with Crippen LogP contribution in [-0.4, -0.2) is 17.4 Å². The molecule has 2 nitrogen and oxygen atoms in total. The highest BCUT2D eigenvalue weighted by Gasteiger charge is 2.42. The van der Waals surface area contributed by atoms with Crippen LogP contribution in [0.3, 0.4) is 0 Å². The summed E-state index contributed by atoms with van der Waals surface area (Å²) in [5.74, 6) is 0. The van der Waals surface area contributed by atoms with Gasteiger partial charge in [0.15, 0.2) is 6.10 Å². The van der Waals surface area contributed by atoms with Gasteiger partial charge in [0.25, 0.3) is 0 Å². The largest absolute Gasteiger partial charge is 0.416 e. The van der Waals surface area contributed by atoms with E-state index in [4.69, 9.17) is 10.8 Å². The van der Waals surface area contributed by atoms with Crippen LogP contribution in [0.15, 0.2) is 24.3 Å². The van der Waals surface area contributed by atoms with E-state index in [0.29, 0.717) is 0 Å². The fourth-order valence-electron chi connectivity index (χ4n) is 1.26. The van der Waals surface area contributed by atoms with Crippen LogP contribution in [0.1, 0.15) is 17.2 Å². The molecule has 0 aromatic heterocycles. The quantitative estimate of drug-likeness (QED) is 0.852. The smallest absolute Gasteiger partial charge is 0.382 e. The van der Waals surface area contributed by atoms with Gasteiger partial charge in [0.2, 0.25) is 0 Å². The van der Waals surface area contributed by atoms with E-state index in [9.17, 15) is 13.2 Å². The molecule has 0 spiro atoms. The first-order valence-corrected chi connectivity index (χ1v) is 4.39. The van der Waals surface area contributed by atoms with Gasteiger partial charge in [-0.3, -0.25) is 0 Å². The first-order chi connectivity index (χ1) is 6.82. The van der Waals surface area contributed by atoms with E-state index in [1.165, 1.54) is 12.1 Å². The Bertz CT molecular complexity index is 343. The van der Waals surface area contributed by atoms with Gasteiger partial charge in [-0.25, -0.2) is 0 Å². The molecule has 0 bridgehead atoms. The fraction of sp³-hybridized carbons (Fsp3) is 0.400. The van der Waals surface area contributed by atoms with Crippen molar-refractivity contribution in [3.63, 3.8) is 0 Å². The summed E-state index contributed by atoms with van der Waals surface area (Å²) < 4.78 is 36.5. The van der Waals surface area contributed by atoms with Crippen molar-refractivity contribution in [3.05, 3.63) is 35.4 Å². The predicted octanol–water partition coefficient (Wildman–Crippen LogP) is 2.34. The normalized spacial score (nSPS) is 15.1. The molecule has 92 valence electrons. The lowest BCUT2D eigenvalue weighted by Gasteiger charge is -2.21. The lowest BCUT2D eigenvalue weighted by Crippen LogP contribution is -2.38. The maximum absolute atomic E-state index is 12.2. The van der Waals surface area contributed by atoms with Crippen molar-refractivity contribution in [2.75, 3.05) is 0 Å². The molecule has 3 N–H and O–H groups in total. The summed E-state index contributed by atoms with van der Waals surface area (Å²) in [6.07, 6.45) is -7.22. The number of aliphatic hydroxyl groups is 1. The molecule has 0 heterocycles. The number of rotatable bonds is 2. The number of hydrogen-bond donors (Lipinski definition) is 2. The van der Waals surface area contributed by atoms with Gasteiger partial charge in [0.1, 0.15) is 0 Å². The topological polar surface area (TPSA) is 46.2 Å². The maximum atomic E-state index is 12.2. The molecule has 6 heteroatoms. The van der Waals surface area contributed by atoms with Gasteiger partial charge in [0.05, 0.1) is 6.04 Å². The molecular weight excluding hydrogens is 243 g/mol. The molecule has 0 saturated carbocycles. The van der Waals surface area contributed by atoms with Gasteiger partial charge >= 0.3 is 6.18 Å². The minimum Gasteiger partial charge on any atom is -0.382 e. The second-order valence-electron chi connectivity index (χ2n) is 3.43. The van der Waals surface area contributed by atoms with Crippen molar-refractivity contribution in [2.24, 2.45) is 5.73 Å². The van der Waals surface area contributed by atoms with Crippen LogP contribution in [0.4, 0.5) is 13.2 Å². The molecule has 0 unspecified atom stereocenters. The number of nitrogens with two attached hydrogens (primary N) is 1. The molecule has 2 atom stereocenters. The Morgan fingerprint density at radius 2 is 1.88 bits per heavy atom. The van der Waals surface area contributed by atoms with Crippen LogP contribution in [0, 0.1) is 6.92 Å². The summed E-state index contributed by atoms with van der Waals surface area (Å²) in [5.41, 5.74) is 6.40. The highest BCUT2D eigenvalue weighted by atomic mass is 35.5. The molecule has 0 saturated heterocycles. The lowest BCUT2D eigenvalue weighted by atomic mass is 10.0. The van der Waals surface area contributed by atoms with Gasteiger partial charge in [-0.2, -0.15) is 13.2 Å². The van der Waals surface area contributed by atoms with Gasteiger partial charge in [0, 0.05) is 0 Å². The van der Waals surface area contributed by atoms with Crippen molar-refractivity contribution in [1.29, 1.82) is 0 Å². The summed E-state index contributed by atoms with van der Waals surface area (Å²) >= 11 is 0. The van der Waals surface area contributed by atoms with E-state index in [1.807, 2.05) is 0 Å². The first kappa shape index (κ1) is 15.2. The van der Waals surface area contributed by atoms with E-state index in [0.717, 1.165) is 5.56 Å². The molecular formula is C10H13ClF3NO. The monoisotopic (exact) mass is 255 g/mol. The van der Waals surface area contributed by atoms with Crippen molar-refractivity contribution in [2.45, 2.75) is 25.2 Å². The number of aryl methyl sites for hydroxylation is 1. The Labute approximate surface area is 97.7 Å². The van der Waals surface area contributed by atoms with Crippen LogP contribution >= 0.6 is 12.4 Å². The van der Waals surface area contributed by atoms with E-state index < -0.39 is 18.3 Å². The van der Waals surface area contributed by atoms with Crippen LogP contribution in [-0.2, 0) is 0 Å². The zero-order chi connectivity index (χ0) is 11.6. The van der Waals surface area contributed by atoms with E-state index in [-0.39, 0.29) is 18.0 Å². The zero-order valence-corrected chi connectivity index (χ0v) is 9.35. The van der Waals surface area contributed by atoms with E-state index >= 15 is 0 Å². The average Bonchev–Trinajstić information content (AvgIpc) is 2.14. The summed E-state index contributed by atoms with van der Waals surface area (Å²) in [6.45, 7) is 1.75. The van der Waals surface area contributed by atoms with Crippen LogP contribution in [0.25, 0.3) is 0 Å². The van der Waals surface area contributed by atoms with Crippen LogP contribution < -0.4 is 5.73 Å². The lowest BCUT2D eigenvalue weighted by molar-refractivity contribution is -0.210. The fourth-order valence-corrected chi connectivity index (χ4v) is 1.26. The third-order valence-corrected chi connectivity index (χ3v) is 2.10. The summed E-state index contributed by atoms with van der Waals surface area (Å²) in [6, 6.07) is 4.90. The number of hydrogen-bond acceptors (Lipinski definition) is 2. The second kappa shape index (κ2) is 5.52. The molecule has 0 fully saturated rings. The zero-order valence-electron chi connectivity index (χ0n) is 8.53. The second-order valence-corrected chi connectivity index (χ2v) is 3.43. The molecule has 0 radical (unpaired) electrons. The third-order valence-electron chi connectivity index (χ3n) is 2.10. The van der Waals surface area contributed by atoms with Crippen LogP contribution in [0.2, 0.25) is 0 Å². The average molecular weight is 256 g/mol. The molecule has 1 rings (SSSR count). The Balaban J connectivity index is 0.00000225. The Morgan fingerprint density at radius 1 is 1.31 bits per heavy atom. The number of halogens is 4. The van der Waals surface area contributed by atoms with Gasteiger partial charge in [-0.1, -0.05) is 29.8 Å². The van der Waals surface area contributed by atoms with Crippen molar-refractivity contribution in [1.82, 2.24) is 0 Å². The minimum atomic E-state index is -4.69. The number of benzene rings is 1. The number of alkyl halides is 3. The highest BCUT2D eigenvalue weighted by Crippen LogP contribution is 2.28. The molecule has 0 amide bonds. The molecule has 0 aliphatic carbocycles. The van der Waals surface area contributed by atoms with Crippen LogP contribution in [0.5, 0.6) is 0 Å². The highest BCUT2D eigenvalue weighted by molar-refractivity contribution is 5.85. The first-order valence-electron chi connectivity index (χ1n) is 4.39. The Morgan fingerprint density at radius 3 is 2.31 bits per heavy atom. The van der Waals surface area contributed by atoms with E-state index in [1.54, 1.807) is 19.1 Å². The summed E-state index contributed by atoms with van der Waals surface area (Å²) in [5, 5.41) is 8.95. The predicted molar refractivity (Wildman–Crippen MR) is 57.4 cm³/mol. The molecule has 1 aromatic rings.